The molecule has 4 nitrogen and oxygen atoms in total. The molecule has 20 heavy (non-hydrogen) atoms. The van der Waals surface area contributed by atoms with Crippen LogP contribution in [0.2, 0.25) is 0 Å². The van der Waals surface area contributed by atoms with Crippen LogP contribution in [0.5, 0.6) is 0 Å². The Kier molecular flexibility index (Phi) is 2.36. The first kappa shape index (κ1) is 11.5. The van der Waals surface area contributed by atoms with Crippen molar-refractivity contribution in [1.29, 1.82) is 0 Å². The van der Waals surface area contributed by atoms with Crippen LogP contribution in [0, 0.1) is 12.7 Å². The number of imidazole rings is 1. The fraction of sp³-hybridized carbons (Fsp3) is 0.267. The zero-order valence-electron chi connectivity index (χ0n) is 11.0. The summed E-state index contributed by atoms with van der Waals surface area (Å²) in [4.78, 5) is 13.1. The number of halogens is 1. The number of aromatic nitrogens is 4. The third kappa shape index (κ3) is 1.78. The van der Waals surface area contributed by atoms with E-state index in [1.165, 1.54) is 6.07 Å². The molecule has 1 aliphatic carbocycles. The molecule has 0 N–H and O–H groups in total. The second-order valence-corrected chi connectivity index (χ2v) is 5.19. The maximum Gasteiger partial charge on any atom is 0.144 e. The van der Waals surface area contributed by atoms with Gasteiger partial charge in [-0.05, 0) is 38.0 Å². The van der Waals surface area contributed by atoms with Crippen molar-refractivity contribution < 1.29 is 4.39 Å². The normalized spacial score (nSPS) is 14.9. The van der Waals surface area contributed by atoms with Crippen LogP contribution >= 0.6 is 0 Å². The highest BCUT2D eigenvalue weighted by molar-refractivity contribution is 5.81. The van der Waals surface area contributed by atoms with Crippen LogP contribution in [-0.2, 0) is 0 Å². The maximum atomic E-state index is 13.5. The first-order valence-electron chi connectivity index (χ1n) is 6.69. The van der Waals surface area contributed by atoms with Crippen LogP contribution in [0.3, 0.4) is 0 Å². The molecule has 0 aliphatic heterocycles. The number of benzene rings is 1. The molecule has 2 heterocycles. The van der Waals surface area contributed by atoms with E-state index in [0.29, 0.717) is 6.04 Å². The maximum absolute atomic E-state index is 13.5. The highest BCUT2D eigenvalue weighted by Gasteiger charge is 2.29. The molecule has 4 rings (SSSR count). The van der Waals surface area contributed by atoms with E-state index in [1.54, 1.807) is 24.5 Å². The van der Waals surface area contributed by atoms with Gasteiger partial charge in [-0.25, -0.2) is 19.3 Å². The number of hydrogen-bond donors (Lipinski definition) is 0. The lowest BCUT2D eigenvalue weighted by atomic mass is 10.3. The Morgan fingerprint density at radius 2 is 1.95 bits per heavy atom. The average Bonchev–Trinajstić information content (AvgIpc) is 3.21. The predicted octanol–water partition coefficient (Wildman–Crippen LogP) is 3.28. The van der Waals surface area contributed by atoms with E-state index in [0.717, 1.165) is 41.1 Å². The Morgan fingerprint density at radius 1 is 1.20 bits per heavy atom. The molecule has 0 spiro atoms. The van der Waals surface area contributed by atoms with Crippen molar-refractivity contribution in [2.45, 2.75) is 25.8 Å². The number of hydrogen-bond acceptors (Lipinski definition) is 3. The van der Waals surface area contributed by atoms with Crippen LogP contribution in [0.15, 0.2) is 30.6 Å². The zero-order chi connectivity index (χ0) is 13.7. The first-order valence-corrected chi connectivity index (χ1v) is 6.69. The highest BCUT2D eigenvalue weighted by atomic mass is 19.1. The molecule has 0 saturated heterocycles. The second kappa shape index (κ2) is 4.10. The summed E-state index contributed by atoms with van der Waals surface area (Å²) >= 11 is 0. The molecule has 1 aromatic carbocycles. The monoisotopic (exact) mass is 268 g/mol. The third-order valence-electron chi connectivity index (χ3n) is 3.60. The highest BCUT2D eigenvalue weighted by Crippen LogP contribution is 2.41. The second-order valence-electron chi connectivity index (χ2n) is 5.19. The summed E-state index contributed by atoms with van der Waals surface area (Å²) in [5, 5.41) is 0. The van der Waals surface area contributed by atoms with Gasteiger partial charge in [0.2, 0.25) is 0 Å². The summed E-state index contributed by atoms with van der Waals surface area (Å²) in [5.41, 5.74) is 2.54. The summed E-state index contributed by atoms with van der Waals surface area (Å²) in [6, 6.07) is 5.14. The van der Waals surface area contributed by atoms with Crippen molar-refractivity contribution in [3.8, 4) is 11.4 Å². The molecule has 0 radical (unpaired) electrons. The standard InChI is InChI=1S/C15H13FN4/c1-9-17-7-10(8-18-9)15-19-13-5-2-11(16)6-14(13)20(15)12-3-4-12/h2,5-8,12H,3-4H2,1H3. The summed E-state index contributed by atoms with van der Waals surface area (Å²) in [7, 11) is 0. The van der Waals surface area contributed by atoms with Gasteiger partial charge in [0.1, 0.15) is 17.5 Å². The molecular formula is C15H13FN4. The van der Waals surface area contributed by atoms with Gasteiger partial charge in [-0.1, -0.05) is 0 Å². The van der Waals surface area contributed by atoms with Crippen molar-refractivity contribution >= 4 is 11.0 Å². The smallest absolute Gasteiger partial charge is 0.144 e. The average molecular weight is 268 g/mol. The largest absolute Gasteiger partial charge is 0.321 e. The van der Waals surface area contributed by atoms with E-state index in [-0.39, 0.29) is 5.82 Å². The van der Waals surface area contributed by atoms with Gasteiger partial charge in [-0.2, -0.15) is 0 Å². The van der Waals surface area contributed by atoms with Gasteiger partial charge >= 0.3 is 0 Å². The van der Waals surface area contributed by atoms with E-state index in [1.807, 2.05) is 6.92 Å². The summed E-state index contributed by atoms with van der Waals surface area (Å²) < 4.78 is 15.6. The van der Waals surface area contributed by atoms with Gasteiger partial charge in [-0.15, -0.1) is 0 Å². The van der Waals surface area contributed by atoms with Gasteiger partial charge < -0.3 is 4.57 Å². The lowest BCUT2D eigenvalue weighted by Gasteiger charge is -2.07. The molecule has 1 saturated carbocycles. The Morgan fingerprint density at radius 3 is 2.65 bits per heavy atom. The predicted molar refractivity (Wildman–Crippen MR) is 73.7 cm³/mol. The van der Waals surface area contributed by atoms with Gasteiger partial charge in [-0.3, -0.25) is 0 Å². The minimum Gasteiger partial charge on any atom is -0.321 e. The van der Waals surface area contributed by atoms with Crippen molar-refractivity contribution in [3.63, 3.8) is 0 Å². The number of nitrogens with zero attached hydrogens (tertiary/aromatic N) is 4. The van der Waals surface area contributed by atoms with Crippen molar-refractivity contribution in [1.82, 2.24) is 19.5 Å². The van der Waals surface area contributed by atoms with E-state index >= 15 is 0 Å². The van der Waals surface area contributed by atoms with E-state index in [2.05, 4.69) is 19.5 Å². The molecule has 0 bridgehead atoms. The molecule has 0 atom stereocenters. The Hall–Kier alpha value is -2.30. The number of fused-ring (bicyclic) bond motifs is 1. The van der Waals surface area contributed by atoms with Gasteiger partial charge in [0, 0.05) is 18.4 Å². The minimum absolute atomic E-state index is 0.231. The van der Waals surface area contributed by atoms with Gasteiger partial charge in [0.05, 0.1) is 16.6 Å². The SMILES string of the molecule is Cc1ncc(-c2nc3ccc(F)cc3n2C2CC2)cn1. The van der Waals surface area contributed by atoms with Crippen LogP contribution in [0.25, 0.3) is 22.4 Å². The third-order valence-corrected chi connectivity index (χ3v) is 3.60. The van der Waals surface area contributed by atoms with Gasteiger partial charge in [0.25, 0.3) is 0 Å². The van der Waals surface area contributed by atoms with Crippen molar-refractivity contribution in [2.24, 2.45) is 0 Å². The number of aryl methyl sites for hydroxylation is 1. The van der Waals surface area contributed by atoms with E-state index in [4.69, 9.17) is 0 Å². The summed E-state index contributed by atoms with van der Waals surface area (Å²) in [5.74, 6) is 1.33. The Balaban J connectivity index is 1.98. The lowest BCUT2D eigenvalue weighted by molar-refractivity contribution is 0.628. The molecule has 1 aliphatic rings. The van der Waals surface area contributed by atoms with Crippen LogP contribution in [0.1, 0.15) is 24.7 Å². The van der Waals surface area contributed by atoms with Crippen molar-refractivity contribution in [3.05, 3.63) is 42.2 Å². The zero-order valence-corrected chi connectivity index (χ0v) is 11.0. The van der Waals surface area contributed by atoms with Gasteiger partial charge in [0.15, 0.2) is 0 Å². The van der Waals surface area contributed by atoms with Crippen molar-refractivity contribution in [2.75, 3.05) is 0 Å². The fourth-order valence-corrected chi connectivity index (χ4v) is 2.48. The quantitative estimate of drug-likeness (QED) is 0.716. The van der Waals surface area contributed by atoms with Crippen LogP contribution < -0.4 is 0 Å². The molecule has 100 valence electrons. The summed E-state index contributed by atoms with van der Waals surface area (Å²) in [6.45, 7) is 1.85. The molecule has 0 amide bonds. The lowest BCUT2D eigenvalue weighted by Crippen LogP contribution is -1.99. The summed E-state index contributed by atoms with van der Waals surface area (Å²) in [6.07, 6.45) is 5.78. The topological polar surface area (TPSA) is 43.6 Å². The van der Waals surface area contributed by atoms with Crippen LogP contribution in [-0.4, -0.2) is 19.5 Å². The number of rotatable bonds is 2. The molecule has 5 heteroatoms. The molecule has 1 fully saturated rings. The van der Waals surface area contributed by atoms with E-state index in [9.17, 15) is 4.39 Å². The van der Waals surface area contributed by atoms with Crippen LogP contribution in [0.4, 0.5) is 4.39 Å². The van der Waals surface area contributed by atoms with E-state index < -0.39 is 0 Å². The molecule has 0 unspecified atom stereocenters. The molecular weight excluding hydrogens is 255 g/mol. The minimum atomic E-state index is -0.231. The fourth-order valence-electron chi connectivity index (χ4n) is 2.48. The Bertz CT molecular complexity index is 787. The molecule has 3 aromatic rings. The Labute approximate surface area is 115 Å². The molecule has 2 aromatic heterocycles. The first-order chi connectivity index (χ1) is 9.72.